The lowest BCUT2D eigenvalue weighted by molar-refractivity contribution is 0.467. The summed E-state index contributed by atoms with van der Waals surface area (Å²) in [6.07, 6.45) is 2.08. The number of benzene rings is 2. The van der Waals surface area contributed by atoms with Crippen LogP contribution in [0.25, 0.3) is 0 Å². The molecule has 0 aromatic heterocycles. The van der Waals surface area contributed by atoms with Gasteiger partial charge in [0, 0.05) is 38.4 Å². The van der Waals surface area contributed by atoms with Crippen LogP contribution < -0.4 is 15.5 Å². The fourth-order valence-electron chi connectivity index (χ4n) is 3.33. The van der Waals surface area contributed by atoms with Gasteiger partial charge in [0.05, 0.1) is 11.6 Å². The summed E-state index contributed by atoms with van der Waals surface area (Å²) in [6.45, 7) is 2.32. The van der Waals surface area contributed by atoms with Gasteiger partial charge in [0.15, 0.2) is 5.96 Å². The molecule has 1 atom stereocenters. The summed E-state index contributed by atoms with van der Waals surface area (Å²) >= 11 is 0. The molecule has 0 bridgehead atoms. The molecule has 0 amide bonds. The van der Waals surface area contributed by atoms with Crippen molar-refractivity contribution in [3.05, 3.63) is 65.5 Å². The molecule has 1 aliphatic heterocycles. The molecule has 2 aromatic carbocycles. The number of piperidine rings is 1. The summed E-state index contributed by atoms with van der Waals surface area (Å²) < 4.78 is 13.5. The third-order valence-corrected chi connectivity index (χ3v) is 4.68. The minimum absolute atomic E-state index is 0. The van der Waals surface area contributed by atoms with Gasteiger partial charge < -0.3 is 15.5 Å². The Kier molecular flexibility index (Phi) is 8.51. The van der Waals surface area contributed by atoms with E-state index in [1.807, 2.05) is 24.3 Å². The van der Waals surface area contributed by atoms with Crippen LogP contribution in [0.4, 0.5) is 10.1 Å². The standard InChI is InChI=1S/C21H24FN5.HI/c1-24-21(25-14-17-6-2-5-16(11-17)13-23)26-19-8-4-10-27(15-19)20-9-3-7-18(22)12-20;/h2-3,5-7,9,11-12,19H,4,8,10,14-15H2,1H3,(H2,24,25,26);1H. The number of nitriles is 1. The maximum Gasteiger partial charge on any atom is 0.191 e. The van der Waals surface area contributed by atoms with Crippen molar-refractivity contribution < 1.29 is 4.39 Å². The molecular formula is C21H25FIN5. The molecule has 2 N–H and O–H groups in total. The van der Waals surface area contributed by atoms with Gasteiger partial charge in [-0.3, -0.25) is 4.99 Å². The lowest BCUT2D eigenvalue weighted by Crippen LogP contribution is -2.51. The van der Waals surface area contributed by atoms with E-state index < -0.39 is 0 Å². The molecule has 28 heavy (non-hydrogen) atoms. The van der Waals surface area contributed by atoms with Gasteiger partial charge in [0.2, 0.25) is 0 Å². The Morgan fingerprint density at radius 2 is 2.11 bits per heavy atom. The van der Waals surface area contributed by atoms with Crippen molar-refractivity contribution >= 4 is 35.6 Å². The molecule has 1 saturated heterocycles. The van der Waals surface area contributed by atoms with Gasteiger partial charge in [0.1, 0.15) is 5.82 Å². The second-order valence-corrected chi connectivity index (χ2v) is 6.65. The van der Waals surface area contributed by atoms with Crippen LogP contribution in [0.15, 0.2) is 53.5 Å². The maximum absolute atomic E-state index is 13.5. The Bertz CT molecular complexity index is 849. The van der Waals surface area contributed by atoms with E-state index in [-0.39, 0.29) is 35.8 Å². The van der Waals surface area contributed by atoms with E-state index in [1.54, 1.807) is 25.2 Å². The molecule has 0 spiro atoms. The normalized spacial score (nSPS) is 16.7. The molecule has 0 radical (unpaired) electrons. The zero-order valence-electron chi connectivity index (χ0n) is 15.9. The first-order valence-electron chi connectivity index (χ1n) is 9.14. The minimum Gasteiger partial charge on any atom is -0.369 e. The lowest BCUT2D eigenvalue weighted by atomic mass is 10.0. The molecule has 1 heterocycles. The number of rotatable bonds is 4. The van der Waals surface area contributed by atoms with Crippen LogP contribution in [0.3, 0.4) is 0 Å². The van der Waals surface area contributed by atoms with Gasteiger partial charge in [-0.25, -0.2) is 4.39 Å². The van der Waals surface area contributed by atoms with E-state index >= 15 is 0 Å². The summed E-state index contributed by atoms with van der Waals surface area (Å²) in [5.74, 6) is 0.517. The zero-order valence-corrected chi connectivity index (χ0v) is 18.2. The second kappa shape index (κ2) is 10.9. The fourth-order valence-corrected chi connectivity index (χ4v) is 3.33. The van der Waals surface area contributed by atoms with E-state index in [1.165, 1.54) is 6.07 Å². The van der Waals surface area contributed by atoms with E-state index in [9.17, 15) is 4.39 Å². The highest BCUT2D eigenvalue weighted by Crippen LogP contribution is 2.20. The number of hydrogen-bond donors (Lipinski definition) is 2. The number of hydrogen-bond acceptors (Lipinski definition) is 3. The predicted octanol–water partition coefficient (Wildman–Crippen LogP) is 3.65. The number of nitrogens with one attached hydrogen (secondary N) is 2. The summed E-state index contributed by atoms with van der Waals surface area (Å²) in [4.78, 5) is 6.50. The van der Waals surface area contributed by atoms with E-state index in [2.05, 4.69) is 26.6 Å². The highest BCUT2D eigenvalue weighted by atomic mass is 127. The van der Waals surface area contributed by atoms with Crippen LogP contribution in [-0.4, -0.2) is 32.1 Å². The van der Waals surface area contributed by atoms with Crippen molar-refractivity contribution in [2.75, 3.05) is 25.0 Å². The monoisotopic (exact) mass is 493 g/mol. The van der Waals surface area contributed by atoms with E-state index in [4.69, 9.17) is 5.26 Å². The number of halogens is 2. The van der Waals surface area contributed by atoms with Gasteiger partial charge in [-0.05, 0) is 48.7 Å². The average Bonchev–Trinajstić information content (AvgIpc) is 2.71. The third kappa shape index (κ3) is 6.09. The molecule has 7 heteroatoms. The Morgan fingerprint density at radius 3 is 2.86 bits per heavy atom. The molecule has 1 fully saturated rings. The number of anilines is 1. The van der Waals surface area contributed by atoms with Crippen molar-refractivity contribution in [3.63, 3.8) is 0 Å². The Labute approximate surface area is 182 Å². The van der Waals surface area contributed by atoms with Crippen LogP contribution in [0.1, 0.15) is 24.0 Å². The van der Waals surface area contributed by atoms with Crippen LogP contribution in [0, 0.1) is 17.1 Å². The van der Waals surface area contributed by atoms with Crippen molar-refractivity contribution in [3.8, 4) is 6.07 Å². The van der Waals surface area contributed by atoms with Crippen molar-refractivity contribution in [1.29, 1.82) is 5.26 Å². The minimum atomic E-state index is -0.209. The Morgan fingerprint density at radius 1 is 1.29 bits per heavy atom. The van der Waals surface area contributed by atoms with Crippen LogP contribution in [-0.2, 0) is 6.54 Å². The first-order chi connectivity index (χ1) is 13.2. The van der Waals surface area contributed by atoms with Gasteiger partial charge in [0.25, 0.3) is 0 Å². The molecule has 2 aromatic rings. The van der Waals surface area contributed by atoms with Crippen LogP contribution in [0.2, 0.25) is 0 Å². The van der Waals surface area contributed by atoms with Crippen molar-refractivity contribution in [2.24, 2.45) is 4.99 Å². The summed E-state index contributed by atoms with van der Waals surface area (Å²) in [7, 11) is 1.74. The molecular weight excluding hydrogens is 468 g/mol. The van der Waals surface area contributed by atoms with E-state index in [0.717, 1.165) is 43.1 Å². The fraction of sp³-hybridized carbons (Fsp3) is 0.333. The van der Waals surface area contributed by atoms with E-state index in [0.29, 0.717) is 12.1 Å². The predicted molar refractivity (Wildman–Crippen MR) is 122 cm³/mol. The molecule has 0 aliphatic carbocycles. The number of guanidine groups is 1. The molecule has 148 valence electrons. The van der Waals surface area contributed by atoms with Gasteiger partial charge >= 0.3 is 0 Å². The molecule has 0 saturated carbocycles. The highest BCUT2D eigenvalue weighted by molar-refractivity contribution is 14.0. The molecule has 3 rings (SSSR count). The molecule has 1 unspecified atom stereocenters. The first kappa shape index (κ1) is 22.0. The Hall–Kier alpha value is -2.34. The first-order valence-corrected chi connectivity index (χ1v) is 9.14. The summed E-state index contributed by atoms with van der Waals surface area (Å²) in [5, 5.41) is 15.8. The number of nitrogens with zero attached hydrogens (tertiary/aromatic N) is 3. The largest absolute Gasteiger partial charge is 0.369 e. The summed E-state index contributed by atoms with van der Waals surface area (Å²) in [5.41, 5.74) is 2.59. The summed E-state index contributed by atoms with van der Waals surface area (Å²) in [6, 6.07) is 16.6. The third-order valence-electron chi connectivity index (χ3n) is 4.68. The average molecular weight is 493 g/mol. The second-order valence-electron chi connectivity index (χ2n) is 6.65. The Balaban J connectivity index is 0.00000280. The highest BCUT2D eigenvalue weighted by Gasteiger charge is 2.21. The number of aliphatic imine (C=N–C) groups is 1. The van der Waals surface area contributed by atoms with Crippen molar-refractivity contribution in [2.45, 2.75) is 25.4 Å². The van der Waals surface area contributed by atoms with Crippen molar-refractivity contribution in [1.82, 2.24) is 10.6 Å². The maximum atomic E-state index is 13.5. The van der Waals surface area contributed by atoms with Crippen LogP contribution in [0.5, 0.6) is 0 Å². The zero-order chi connectivity index (χ0) is 19.1. The molecule has 1 aliphatic rings. The van der Waals surface area contributed by atoms with Gasteiger partial charge in [-0.2, -0.15) is 5.26 Å². The topological polar surface area (TPSA) is 63.5 Å². The smallest absolute Gasteiger partial charge is 0.191 e. The van der Waals surface area contributed by atoms with Gasteiger partial charge in [-0.15, -0.1) is 24.0 Å². The van der Waals surface area contributed by atoms with Crippen LogP contribution >= 0.6 is 24.0 Å². The SMILES string of the molecule is CN=C(NCc1cccc(C#N)c1)NC1CCCN(c2cccc(F)c2)C1.I. The quantitative estimate of drug-likeness (QED) is 0.388. The lowest BCUT2D eigenvalue weighted by Gasteiger charge is -2.35. The molecule has 5 nitrogen and oxygen atoms in total. The van der Waals surface area contributed by atoms with Gasteiger partial charge in [-0.1, -0.05) is 18.2 Å².